The van der Waals surface area contributed by atoms with Crippen LogP contribution in [0.25, 0.3) is 0 Å². The number of carbonyl (C=O) groups excluding carboxylic acids is 1. The molecule has 0 aliphatic rings. The summed E-state index contributed by atoms with van der Waals surface area (Å²) in [5.74, 6) is -0.333. The monoisotopic (exact) mass is 301 g/mol. The quantitative estimate of drug-likeness (QED) is 0.890. The van der Waals surface area contributed by atoms with E-state index in [2.05, 4.69) is 0 Å². The normalized spacial score (nSPS) is 10.7. The zero-order valence-corrected chi connectivity index (χ0v) is 12.7. The molecule has 116 valence electrons. The van der Waals surface area contributed by atoms with Crippen molar-refractivity contribution in [1.29, 1.82) is 0 Å². The molecule has 5 nitrogen and oxygen atoms in total. The number of carbonyl (C=O) groups is 2. The lowest BCUT2D eigenvalue weighted by molar-refractivity contribution is -0.133. The average molecular weight is 301 g/mol. The molecule has 0 aliphatic heterocycles. The van der Waals surface area contributed by atoms with Crippen molar-refractivity contribution in [2.45, 2.75) is 32.9 Å². The number of hydrogen-bond acceptors (Lipinski definition) is 3. The second kappa shape index (κ2) is 6.93. The van der Waals surface area contributed by atoms with Crippen LogP contribution < -0.4 is 0 Å². The number of benzene rings is 1. The van der Waals surface area contributed by atoms with E-state index in [9.17, 15) is 9.59 Å². The molecular weight excluding hydrogens is 282 g/mol. The summed E-state index contributed by atoms with van der Waals surface area (Å²) in [5.41, 5.74) is 0.877. The summed E-state index contributed by atoms with van der Waals surface area (Å²) in [7, 11) is 0. The van der Waals surface area contributed by atoms with E-state index < -0.39 is 5.97 Å². The number of carboxylic acid groups (broad SMARTS) is 1. The molecule has 0 atom stereocenters. The first-order valence-electron chi connectivity index (χ1n) is 7.11. The number of hydrogen-bond donors (Lipinski definition) is 1. The molecule has 1 N–H and O–H groups in total. The number of carboxylic acids is 1. The lowest BCUT2D eigenvalue weighted by Gasteiger charge is -2.26. The van der Waals surface area contributed by atoms with Crippen molar-refractivity contribution in [3.05, 3.63) is 59.5 Å². The average Bonchev–Trinajstić information content (AvgIpc) is 2.97. The van der Waals surface area contributed by atoms with E-state index in [1.54, 1.807) is 29.4 Å². The van der Waals surface area contributed by atoms with Gasteiger partial charge in [0.1, 0.15) is 5.76 Å². The second-order valence-corrected chi connectivity index (χ2v) is 5.38. The summed E-state index contributed by atoms with van der Waals surface area (Å²) in [6, 6.07) is 10.1. The number of aromatic carboxylic acids is 1. The van der Waals surface area contributed by atoms with Crippen LogP contribution in [0, 0.1) is 0 Å². The molecule has 0 saturated carbocycles. The van der Waals surface area contributed by atoms with Crippen molar-refractivity contribution in [2.75, 3.05) is 0 Å². The first kappa shape index (κ1) is 15.8. The lowest BCUT2D eigenvalue weighted by Crippen LogP contribution is -2.37. The molecule has 2 aromatic rings. The Morgan fingerprint density at radius 3 is 2.59 bits per heavy atom. The maximum atomic E-state index is 12.5. The molecule has 0 radical (unpaired) electrons. The van der Waals surface area contributed by atoms with Crippen LogP contribution in [0.2, 0.25) is 0 Å². The first-order chi connectivity index (χ1) is 10.5. The van der Waals surface area contributed by atoms with Crippen molar-refractivity contribution in [2.24, 2.45) is 0 Å². The maximum Gasteiger partial charge on any atom is 0.335 e. The third-order valence-electron chi connectivity index (χ3n) is 3.38. The summed E-state index contributed by atoms with van der Waals surface area (Å²) in [6.45, 7) is 4.28. The van der Waals surface area contributed by atoms with Gasteiger partial charge in [0.2, 0.25) is 5.91 Å². The van der Waals surface area contributed by atoms with Gasteiger partial charge < -0.3 is 14.4 Å². The van der Waals surface area contributed by atoms with Crippen LogP contribution >= 0.6 is 0 Å². The predicted molar refractivity (Wildman–Crippen MR) is 81.5 cm³/mol. The van der Waals surface area contributed by atoms with Gasteiger partial charge in [-0.3, -0.25) is 4.79 Å². The van der Waals surface area contributed by atoms with Gasteiger partial charge in [-0.2, -0.15) is 0 Å². The van der Waals surface area contributed by atoms with Gasteiger partial charge in [-0.05, 0) is 43.7 Å². The minimum atomic E-state index is -0.995. The number of amides is 1. The Morgan fingerprint density at radius 2 is 2.00 bits per heavy atom. The minimum Gasteiger partial charge on any atom is -0.478 e. The third kappa shape index (κ3) is 3.97. The van der Waals surface area contributed by atoms with Gasteiger partial charge in [-0.25, -0.2) is 4.79 Å². The van der Waals surface area contributed by atoms with E-state index in [-0.39, 0.29) is 23.9 Å². The zero-order chi connectivity index (χ0) is 16.1. The van der Waals surface area contributed by atoms with Gasteiger partial charge in [-0.15, -0.1) is 0 Å². The van der Waals surface area contributed by atoms with E-state index in [0.717, 1.165) is 5.76 Å². The smallest absolute Gasteiger partial charge is 0.335 e. The van der Waals surface area contributed by atoms with Crippen LogP contribution in [0.3, 0.4) is 0 Å². The molecule has 1 aromatic carbocycles. The zero-order valence-electron chi connectivity index (χ0n) is 12.7. The molecule has 2 rings (SSSR count). The van der Waals surface area contributed by atoms with Gasteiger partial charge in [0.15, 0.2) is 0 Å². The van der Waals surface area contributed by atoms with Gasteiger partial charge in [0.25, 0.3) is 0 Å². The Morgan fingerprint density at radius 1 is 1.23 bits per heavy atom. The molecule has 1 heterocycles. The second-order valence-electron chi connectivity index (χ2n) is 5.38. The highest BCUT2D eigenvalue weighted by Gasteiger charge is 2.19. The molecule has 0 unspecified atom stereocenters. The topological polar surface area (TPSA) is 70.8 Å². The van der Waals surface area contributed by atoms with Crippen LogP contribution in [0.15, 0.2) is 47.1 Å². The summed E-state index contributed by atoms with van der Waals surface area (Å²) in [6.07, 6.45) is 1.74. The van der Waals surface area contributed by atoms with E-state index in [1.807, 2.05) is 19.9 Å². The molecule has 1 amide bonds. The molecular formula is C17H19NO4. The van der Waals surface area contributed by atoms with Crippen molar-refractivity contribution >= 4 is 11.9 Å². The Bertz CT molecular complexity index is 646. The molecule has 0 aliphatic carbocycles. The van der Waals surface area contributed by atoms with Crippen molar-refractivity contribution < 1.29 is 19.1 Å². The lowest BCUT2D eigenvalue weighted by atomic mass is 10.1. The maximum absolute atomic E-state index is 12.5. The van der Waals surface area contributed by atoms with E-state index >= 15 is 0 Å². The molecule has 5 heteroatoms. The Balaban J connectivity index is 2.11. The molecule has 0 bridgehead atoms. The fourth-order valence-electron chi connectivity index (χ4n) is 2.22. The standard InChI is InChI=1S/C17H19NO4/c1-12(2)18(11-15-7-4-8-22-15)16(19)10-13-5-3-6-14(9-13)17(20)21/h3-9,12H,10-11H2,1-2H3,(H,20,21). The Labute approximate surface area is 129 Å². The van der Waals surface area contributed by atoms with Crippen LogP contribution in [0.1, 0.15) is 35.5 Å². The highest BCUT2D eigenvalue weighted by atomic mass is 16.4. The third-order valence-corrected chi connectivity index (χ3v) is 3.38. The summed E-state index contributed by atoms with van der Waals surface area (Å²) in [5, 5.41) is 9.00. The Kier molecular flexibility index (Phi) is 4.99. The molecule has 22 heavy (non-hydrogen) atoms. The Hall–Kier alpha value is -2.56. The van der Waals surface area contributed by atoms with Crippen LogP contribution in [-0.4, -0.2) is 27.9 Å². The van der Waals surface area contributed by atoms with Gasteiger partial charge in [0, 0.05) is 6.04 Å². The largest absolute Gasteiger partial charge is 0.478 e. The SMILES string of the molecule is CC(C)N(Cc1ccco1)C(=O)Cc1cccc(C(=O)O)c1. The van der Waals surface area contributed by atoms with Gasteiger partial charge in [-0.1, -0.05) is 12.1 Å². The van der Waals surface area contributed by atoms with E-state index in [0.29, 0.717) is 12.1 Å². The van der Waals surface area contributed by atoms with Crippen molar-refractivity contribution in [3.8, 4) is 0 Å². The van der Waals surface area contributed by atoms with Crippen LogP contribution in [-0.2, 0) is 17.8 Å². The number of rotatable bonds is 6. The molecule has 0 spiro atoms. The molecule has 0 saturated heterocycles. The van der Waals surface area contributed by atoms with Crippen molar-refractivity contribution in [1.82, 2.24) is 4.90 Å². The highest BCUT2D eigenvalue weighted by molar-refractivity contribution is 5.88. The molecule has 0 fully saturated rings. The molecule has 1 aromatic heterocycles. The minimum absolute atomic E-state index is 0.0280. The van der Waals surface area contributed by atoms with E-state index in [1.165, 1.54) is 12.1 Å². The number of nitrogens with zero attached hydrogens (tertiary/aromatic N) is 1. The first-order valence-corrected chi connectivity index (χ1v) is 7.11. The fourth-order valence-corrected chi connectivity index (χ4v) is 2.22. The van der Waals surface area contributed by atoms with Gasteiger partial charge >= 0.3 is 5.97 Å². The highest BCUT2D eigenvalue weighted by Crippen LogP contribution is 2.13. The van der Waals surface area contributed by atoms with E-state index in [4.69, 9.17) is 9.52 Å². The fraction of sp³-hybridized carbons (Fsp3) is 0.294. The van der Waals surface area contributed by atoms with Crippen LogP contribution in [0.4, 0.5) is 0 Å². The van der Waals surface area contributed by atoms with Gasteiger partial charge in [0.05, 0.1) is 24.8 Å². The predicted octanol–water partition coefficient (Wildman–Crippen LogP) is 2.96. The summed E-state index contributed by atoms with van der Waals surface area (Å²) >= 11 is 0. The number of furan rings is 1. The summed E-state index contributed by atoms with van der Waals surface area (Å²) in [4.78, 5) is 25.2. The van der Waals surface area contributed by atoms with Crippen molar-refractivity contribution in [3.63, 3.8) is 0 Å². The van der Waals surface area contributed by atoms with Crippen LogP contribution in [0.5, 0.6) is 0 Å². The summed E-state index contributed by atoms with van der Waals surface area (Å²) < 4.78 is 5.29.